The zero-order valence-electron chi connectivity index (χ0n) is 17.6. The van der Waals surface area contributed by atoms with Crippen molar-refractivity contribution in [2.75, 3.05) is 4.90 Å². The van der Waals surface area contributed by atoms with E-state index in [2.05, 4.69) is 14.8 Å². The third-order valence-corrected chi connectivity index (χ3v) is 5.36. The van der Waals surface area contributed by atoms with Crippen LogP contribution in [-0.2, 0) is 0 Å². The summed E-state index contributed by atoms with van der Waals surface area (Å²) in [4.78, 5) is 42.2. The fourth-order valence-corrected chi connectivity index (χ4v) is 3.96. The monoisotopic (exact) mass is 483 g/mol. The van der Waals surface area contributed by atoms with Gasteiger partial charge in [0, 0.05) is 12.3 Å². The van der Waals surface area contributed by atoms with Gasteiger partial charge in [-0.2, -0.15) is 5.10 Å². The number of hydrogen-bond acceptors (Lipinski definition) is 7. The first-order chi connectivity index (χ1) is 16.6. The second-order valence-electron chi connectivity index (χ2n) is 7.48. The van der Waals surface area contributed by atoms with Gasteiger partial charge in [-0.3, -0.25) is 19.7 Å². The van der Waals surface area contributed by atoms with Crippen molar-refractivity contribution in [3.05, 3.63) is 81.7 Å². The van der Waals surface area contributed by atoms with Crippen molar-refractivity contribution in [3.63, 3.8) is 0 Å². The predicted octanol–water partition coefficient (Wildman–Crippen LogP) is 4.34. The lowest BCUT2D eigenvalue weighted by Gasteiger charge is -2.13. The average Bonchev–Trinajstić information content (AvgIpc) is 3.27. The van der Waals surface area contributed by atoms with E-state index in [9.17, 15) is 32.9 Å². The number of para-hydroxylation sites is 2. The number of pyridine rings is 1. The highest BCUT2D eigenvalue weighted by Crippen LogP contribution is 2.38. The number of alkyl halides is 3. The molecule has 0 unspecified atom stereocenters. The van der Waals surface area contributed by atoms with E-state index in [1.165, 1.54) is 47.3 Å². The number of imide groups is 1. The summed E-state index contributed by atoms with van der Waals surface area (Å²) in [5, 5.41) is 16.0. The molecule has 0 fully saturated rings. The van der Waals surface area contributed by atoms with Gasteiger partial charge in [-0.05, 0) is 37.3 Å². The van der Waals surface area contributed by atoms with Crippen molar-refractivity contribution in [2.24, 2.45) is 0 Å². The van der Waals surface area contributed by atoms with Gasteiger partial charge in [0.25, 0.3) is 17.5 Å². The third-order valence-electron chi connectivity index (χ3n) is 5.36. The predicted molar refractivity (Wildman–Crippen MR) is 115 cm³/mol. The molecule has 4 aromatic rings. The van der Waals surface area contributed by atoms with Crippen LogP contribution >= 0.6 is 0 Å². The van der Waals surface area contributed by atoms with Crippen LogP contribution in [0.3, 0.4) is 0 Å². The molecule has 0 N–H and O–H groups in total. The smallest absolute Gasteiger partial charge is 0.406 e. The van der Waals surface area contributed by atoms with Crippen molar-refractivity contribution < 1.29 is 32.4 Å². The molecule has 0 atom stereocenters. The second kappa shape index (κ2) is 7.62. The number of benzene rings is 2. The van der Waals surface area contributed by atoms with Gasteiger partial charge in [0.2, 0.25) is 0 Å². The van der Waals surface area contributed by atoms with Gasteiger partial charge in [-0.1, -0.05) is 12.1 Å². The number of carbonyl (C=O) groups is 2. The first-order valence-corrected chi connectivity index (χ1v) is 9.93. The molecule has 2 aromatic heterocycles. The molecule has 2 amide bonds. The second-order valence-corrected chi connectivity index (χ2v) is 7.48. The summed E-state index contributed by atoms with van der Waals surface area (Å²) < 4.78 is 42.5. The molecule has 5 rings (SSSR count). The normalized spacial score (nSPS) is 13.4. The third kappa shape index (κ3) is 3.53. The number of halogens is 3. The number of aromatic nitrogens is 3. The molecule has 1 aliphatic rings. The standard InChI is InChI=1S/C22H12F3N5O5/c1-11-17-18-14(20(31)28(21(18)32)15-4-2-3-5-16(15)30(33)34)10-26-19(17)29(27-11)12-6-8-13(9-7-12)35-22(23,24)25/h2-10H,1H3. The van der Waals surface area contributed by atoms with Crippen LogP contribution in [0.2, 0.25) is 0 Å². The van der Waals surface area contributed by atoms with Crippen LogP contribution in [0.1, 0.15) is 26.4 Å². The zero-order chi connectivity index (χ0) is 25.1. The van der Waals surface area contributed by atoms with Crippen LogP contribution in [0.4, 0.5) is 24.5 Å². The van der Waals surface area contributed by atoms with Crippen LogP contribution in [0.25, 0.3) is 16.7 Å². The summed E-state index contributed by atoms with van der Waals surface area (Å²) in [5.74, 6) is -1.97. The van der Waals surface area contributed by atoms with Crippen LogP contribution in [0, 0.1) is 17.0 Å². The van der Waals surface area contributed by atoms with Gasteiger partial charge in [-0.15, -0.1) is 13.2 Å². The Morgan fingerprint density at radius 2 is 1.71 bits per heavy atom. The van der Waals surface area contributed by atoms with Crippen molar-refractivity contribution >= 4 is 34.2 Å². The van der Waals surface area contributed by atoms with E-state index in [0.717, 1.165) is 17.0 Å². The number of nitro benzene ring substituents is 1. The maximum absolute atomic E-state index is 13.4. The highest BCUT2D eigenvalue weighted by molar-refractivity contribution is 6.38. The summed E-state index contributed by atoms with van der Waals surface area (Å²) in [6.07, 6.45) is -3.67. The van der Waals surface area contributed by atoms with E-state index in [0.29, 0.717) is 11.4 Å². The molecule has 3 heterocycles. The first-order valence-electron chi connectivity index (χ1n) is 9.93. The van der Waals surface area contributed by atoms with Gasteiger partial charge >= 0.3 is 6.36 Å². The largest absolute Gasteiger partial charge is 0.573 e. The van der Waals surface area contributed by atoms with E-state index in [1.807, 2.05) is 0 Å². The van der Waals surface area contributed by atoms with Gasteiger partial charge in [0.1, 0.15) is 11.4 Å². The number of amides is 2. The quantitative estimate of drug-likeness (QED) is 0.241. The van der Waals surface area contributed by atoms with E-state index in [-0.39, 0.29) is 27.8 Å². The highest BCUT2D eigenvalue weighted by Gasteiger charge is 2.42. The summed E-state index contributed by atoms with van der Waals surface area (Å²) >= 11 is 0. The number of ether oxygens (including phenoxy) is 1. The Morgan fingerprint density at radius 1 is 1.03 bits per heavy atom. The van der Waals surface area contributed by atoms with Crippen LogP contribution in [-0.4, -0.2) is 37.9 Å². The Morgan fingerprint density at radius 3 is 2.37 bits per heavy atom. The Bertz CT molecular complexity index is 1550. The molecule has 0 radical (unpaired) electrons. The Labute approximate surface area is 193 Å². The molecular weight excluding hydrogens is 471 g/mol. The number of fused-ring (bicyclic) bond motifs is 3. The SMILES string of the molecule is Cc1nn(-c2ccc(OC(F)(F)F)cc2)c2ncc3c(c12)C(=O)N(c1ccccc1[N+](=O)[O-])C3=O. The number of carbonyl (C=O) groups excluding carboxylic acids is 2. The van der Waals surface area contributed by atoms with Gasteiger partial charge in [0.05, 0.1) is 32.8 Å². The Hall–Kier alpha value is -4.81. The molecule has 0 saturated carbocycles. The fraction of sp³-hybridized carbons (Fsp3) is 0.0909. The summed E-state index contributed by atoms with van der Waals surface area (Å²) in [7, 11) is 0. The van der Waals surface area contributed by atoms with E-state index in [1.54, 1.807) is 6.92 Å². The average molecular weight is 483 g/mol. The Balaban J connectivity index is 1.61. The number of anilines is 1. The van der Waals surface area contributed by atoms with E-state index in [4.69, 9.17) is 0 Å². The minimum atomic E-state index is -4.84. The fourth-order valence-electron chi connectivity index (χ4n) is 3.96. The number of hydrogen-bond donors (Lipinski definition) is 0. The van der Waals surface area contributed by atoms with Crippen molar-refractivity contribution in [2.45, 2.75) is 13.3 Å². The van der Waals surface area contributed by atoms with Crippen LogP contribution < -0.4 is 9.64 Å². The lowest BCUT2D eigenvalue weighted by molar-refractivity contribution is -0.384. The number of rotatable bonds is 4. The number of nitrogens with zero attached hydrogens (tertiary/aromatic N) is 5. The maximum Gasteiger partial charge on any atom is 0.573 e. The minimum absolute atomic E-state index is 0.0149. The molecule has 2 aromatic carbocycles. The molecule has 0 saturated heterocycles. The number of nitro groups is 1. The molecule has 0 aliphatic carbocycles. The first kappa shape index (κ1) is 22.0. The molecule has 176 valence electrons. The lowest BCUT2D eigenvalue weighted by Crippen LogP contribution is -2.30. The van der Waals surface area contributed by atoms with Gasteiger partial charge < -0.3 is 4.74 Å². The van der Waals surface area contributed by atoms with Gasteiger partial charge in [-0.25, -0.2) is 14.6 Å². The maximum atomic E-state index is 13.4. The lowest BCUT2D eigenvalue weighted by atomic mass is 10.1. The summed E-state index contributed by atoms with van der Waals surface area (Å²) in [5.41, 5.74) is 0.178. The minimum Gasteiger partial charge on any atom is -0.406 e. The topological polar surface area (TPSA) is 120 Å². The molecule has 10 nitrogen and oxygen atoms in total. The molecule has 35 heavy (non-hydrogen) atoms. The number of aryl methyl sites for hydroxylation is 1. The molecule has 13 heteroatoms. The Kier molecular flexibility index (Phi) is 4.79. The van der Waals surface area contributed by atoms with Crippen molar-refractivity contribution in [1.82, 2.24) is 14.8 Å². The van der Waals surface area contributed by atoms with E-state index >= 15 is 0 Å². The molecule has 0 spiro atoms. The zero-order valence-corrected chi connectivity index (χ0v) is 17.6. The van der Waals surface area contributed by atoms with Crippen LogP contribution in [0.15, 0.2) is 54.7 Å². The summed E-state index contributed by atoms with van der Waals surface area (Å²) in [6, 6.07) is 10.2. The van der Waals surface area contributed by atoms with Gasteiger partial charge in [0.15, 0.2) is 5.65 Å². The molecule has 0 bridgehead atoms. The van der Waals surface area contributed by atoms with Crippen LogP contribution in [0.5, 0.6) is 5.75 Å². The molecule has 1 aliphatic heterocycles. The van der Waals surface area contributed by atoms with Crippen molar-refractivity contribution in [1.29, 1.82) is 0 Å². The van der Waals surface area contributed by atoms with E-state index < -0.39 is 34.5 Å². The summed E-state index contributed by atoms with van der Waals surface area (Å²) in [6.45, 7) is 1.58. The molecular formula is C22H12F3N5O5. The highest BCUT2D eigenvalue weighted by atomic mass is 19.4. The van der Waals surface area contributed by atoms with Crippen molar-refractivity contribution in [3.8, 4) is 11.4 Å².